The van der Waals surface area contributed by atoms with Gasteiger partial charge in [0.2, 0.25) is 0 Å². The van der Waals surface area contributed by atoms with Crippen LogP contribution in [0.2, 0.25) is 0 Å². The molecule has 2 nitrogen and oxygen atoms in total. The average molecular weight is 209 g/mol. The summed E-state index contributed by atoms with van der Waals surface area (Å²) in [5.74, 6) is 2.11. The molecule has 0 aromatic heterocycles. The maximum atomic E-state index is 9.08. The lowest BCUT2D eigenvalue weighted by molar-refractivity contribution is 0.243. The molecule has 1 saturated heterocycles. The van der Waals surface area contributed by atoms with Crippen LogP contribution in [0.3, 0.4) is 0 Å². The summed E-state index contributed by atoms with van der Waals surface area (Å²) in [6, 6.07) is 11.1. The highest BCUT2D eigenvalue weighted by atomic mass is 32.2. The monoisotopic (exact) mass is 209 g/mol. The van der Waals surface area contributed by atoms with Crippen molar-refractivity contribution in [2.75, 3.05) is 18.1 Å². The predicted octanol–water partition coefficient (Wildman–Crippen LogP) is 1.43. The molecule has 1 heterocycles. The van der Waals surface area contributed by atoms with Crippen molar-refractivity contribution in [3.05, 3.63) is 35.9 Å². The molecule has 0 spiro atoms. The van der Waals surface area contributed by atoms with Crippen LogP contribution in [0.25, 0.3) is 0 Å². The van der Waals surface area contributed by atoms with E-state index < -0.39 is 0 Å². The second-order valence-electron chi connectivity index (χ2n) is 3.55. The van der Waals surface area contributed by atoms with Crippen molar-refractivity contribution in [3.8, 4) is 0 Å². The average Bonchev–Trinajstić information content (AvgIpc) is 2.30. The number of hydrogen-bond acceptors (Lipinski definition) is 3. The molecule has 1 aliphatic heterocycles. The molecule has 76 valence electrons. The van der Waals surface area contributed by atoms with Crippen molar-refractivity contribution in [2.24, 2.45) is 0 Å². The number of nitrogens with one attached hydrogen (secondary N) is 1. The fraction of sp³-hybridized carbons (Fsp3) is 0.455. The van der Waals surface area contributed by atoms with Crippen LogP contribution in [0.1, 0.15) is 11.6 Å². The molecule has 1 fully saturated rings. The van der Waals surface area contributed by atoms with E-state index in [9.17, 15) is 0 Å². The van der Waals surface area contributed by atoms with Gasteiger partial charge in [0.1, 0.15) is 0 Å². The lowest BCUT2D eigenvalue weighted by Crippen LogP contribution is -2.42. The smallest absolute Gasteiger partial charge is 0.0592 e. The predicted molar refractivity (Wildman–Crippen MR) is 60.5 cm³/mol. The van der Waals surface area contributed by atoms with Gasteiger partial charge in [0, 0.05) is 23.6 Å². The van der Waals surface area contributed by atoms with E-state index in [0.29, 0.717) is 6.04 Å². The van der Waals surface area contributed by atoms with E-state index in [-0.39, 0.29) is 12.6 Å². The molecule has 14 heavy (non-hydrogen) atoms. The minimum Gasteiger partial charge on any atom is -0.395 e. The van der Waals surface area contributed by atoms with Crippen LogP contribution in [-0.4, -0.2) is 29.3 Å². The fourth-order valence-corrected chi connectivity index (χ4v) is 2.84. The highest BCUT2D eigenvalue weighted by molar-refractivity contribution is 7.99. The Hall–Kier alpha value is -0.510. The number of thioether (sulfide) groups is 1. The van der Waals surface area contributed by atoms with Gasteiger partial charge in [-0.05, 0) is 5.56 Å². The molecule has 0 bridgehead atoms. The number of aliphatic hydroxyl groups excluding tert-OH is 1. The number of hydrogen-bond donors (Lipinski definition) is 2. The van der Waals surface area contributed by atoms with E-state index in [2.05, 4.69) is 29.6 Å². The van der Waals surface area contributed by atoms with E-state index in [1.807, 2.05) is 17.8 Å². The van der Waals surface area contributed by atoms with Gasteiger partial charge in [-0.15, -0.1) is 0 Å². The van der Waals surface area contributed by atoms with Gasteiger partial charge in [-0.1, -0.05) is 30.3 Å². The summed E-state index contributed by atoms with van der Waals surface area (Å²) in [7, 11) is 0. The van der Waals surface area contributed by atoms with E-state index in [1.54, 1.807) is 0 Å². The second-order valence-corrected chi connectivity index (χ2v) is 4.62. The highest BCUT2D eigenvalue weighted by Crippen LogP contribution is 2.23. The topological polar surface area (TPSA) is 32.3 Å². The minimum atomic E-state index is 0.232. The Bertz CT molecular complexity index is 278. The van der Waals surface area contributed by atoms with Gasteiger partial charge in [-0.2, -0.15) is 11.8 Å². The van der Waals surface area contributed by atoms with Gasteiger partial charge < -0.3 is 10.4 Å². The zero-order valence-electron chi connectivity index (χ0n) is 8.02. The Balaban J connectivity index is 2.04. The van der Waals surface area contributed by atoms with Crippen LogP contribution >= 0.6 is 11.8 Å². The lowest BCUT2D eigenvalue weighted by atomic mass is 10.1. The first-order chi connectivity index (χ1) is 6.90. The quantitative estimate of drug-likeness (QED) is 0.773. The Kier molecular flexibility index (Phi) is 3.45. The zero-order valence-corrected chi connectivity index (χ0v) is 8.83. The first-order valence-electron chi connectivity index (χ1n) is 4.90. The Morgan fingerprint density at radius 2 is 2.07 bits per heavy atom. The standard InChI is InChI=1S/C11H15NOS/c13-6-10-7-14-8-11(12-10)9-4-2-1-3-5-9/h1-5,10-13H,6-8H2. The summed E-state index contributed by atoms with van der Waals surface area (Å²) < 4.78 is 0. The lowest BCUT2D eigenvalue weighted by Gasteiger charge is -2.29. The molecule has 3 heteroatoms. The van der Waals surface area contributed by atoms with Crippen molar-refractivity contribution in [3.63, 3.8) is 0 Å². The number of benzene rings is 1. The van der Waals surface area contributed by atoms with Crippen LogP contribution in [0, 0.1) is 0 Å². The molecule has 0 aliphatic carbocycles. The van der Waals surface area contributed by atoms with Crippen LogP contribution in [0.15, 0.2) is 30.3 Å². The largest absolute Gasteiger partial charge is 0.395 e. The molecule has 0 radical (unpaired) electrons. The third-order valence-electron chi connectivity index (χ3n) is 2.46. The van der Waals surface area contributed by atoms with Crippen molar-refractivity contribution in [2.45, 2.75) is 12.1 Å². The van der Waals surface area contributed by atoms with Gasteiger partial charge in [0.05, 0.1) is 6.61 Å². The molecular formula is C11H15NOS. The van der Waals surface area contributed by atoms with Crippen LogP contribution in [-0.2, 0) is 0 Å². The fourth-order valence-electron chi connectivity index (χ4n) is 1.69. The molecule has 2 N–H and O–H groups in total. The molecule has 1 aromatic carbocycles. The van der Waals surface area contributed by atoms with Gasteiger partial charge in [-0.25, -0.2) is 0 Å². The van der Waals surface area contributed by atoms with Gasteiger partial charge >= 0.3 is 0 Å². The molecule has 0 amide bonds. The Morgan fingerprint density at radius 3 is 2.79 bits per heavy atom. The van der Waals surface area contributed by atoms with Gasteiger partial charge in [0.15, 0.2) is 0 Å². The number of rotatable bonds is 2. The highest BCUT2D eigenvalue weighted by Gasteiger charge is 2.21. The SMILES string of the molecule is OCC1CSCC(c2ccccc2)N1. The zero-order chi connectivity index (χ0) is 9.80. The molecular weight excluding hydrogens is 194 g/mol. The summed E-state index contributed by atoms with van der Waals surface area (Å²) in [6.07, 6.45) is 0. The maximum Gasteiger partial charge on any atom is 0.0592 e. The maximum absolute atomic E-state index is 9.08. The van der Waals surface area contributed by atoms with E-state index in [4.69, 9.17) is 5.11 Å². The van der Waals surface area contributed by atoms with Crippen molar-refractivity contribution in [1.82, 2.24) is 5.32 Å². The van der Waals surface area contributed by atoms with E-state index in [0.717, 1.165) is 11.5 Å². The Labute approximate surface area is 88.7 Å². The molecule has 2 rings (SSSR count). The summed E-state index contributed by atoms with van der Waals surface area (Å²) in [6.45, 7) is 0.232. The molecule has 2 atom stereocenters. The normalized spacial score (nSPS) is 27.5. The first-order valence-corrected chi connectivity index (χ1v) is 6.05. The van der Waals surface area contributed by atoms with Crippen LogP contribution < -0.4 is 5.32 Å². The summed E-state index contributed by atoms with van der Waals surface area (Å²) in [5, 5.41) is 12.5. The van der Waals surface area contributed by atoms with Gasteiger partial charge in [-0.3, -0.25) is 0 Å². The Morgan fingerprint density at radius 1 is 1.29 bits per heavy atom. The first kappa shape index (κ1) is 10.0. The third kappa shape index (κ3) is 2.29. The van der Waals surface area contributed by atoms with Gasteiger partial charge in [0.25, 0.3) is 0 Å². The minimum absolute atomic E-state index is 0.232. The van der Waals surface area contributed by atoms with E-state index >= 15 is 0 Å². The molecule has 1 aliphatic rings. The van der Waals surface area contributed by atoms with Crippen LogP contribution in [0.4, 0.5) is 0 Å². The molecule has 2 unspecified atom stereocenters. The van der Waals surface area contributed by atoms with Crippen LogP contribution in [0.5, 0.6) is 0 Å². The molecule has 0 saturated carbocycles. The van der Waals surface area contributed by atoms with E-state index in [1.165, 1.54) is 5.56 Å². The van der Waals surface area contributed by atoms with Crippen molar-refractivity contribution >= 4 is 11.8 Å². The second kappa shape index (κ2) is 4.82. The summed E-state index contributed by atoms with van der Waals surface area (Å²) in [4.78, 5) is 0. The summed E-state index contributed by atoms with van der Waals surface area (Å²) in [5.41, 5.74) is 1.32. The van der Waals surface area contributed by atoms with Crippen molar-refractivity contribution in [1.29, 1.82) is 0 Å². The third-order valence-corrected chi connectivity index (χ3v) is 3.67. The summed E-state index contributed by atoms with van der Waals surface area (Å²) >= 11 is 1.91. The van der Waals surface area contributed by atoms with Crippen molar-refractivity contribution < 1.29 is 5.11 Å². The number of aliphatic hydroxyl groups is 1. The molecule has 1 aromatic rings.